The lowest BCUT2D eigenvalue weighted by atomic mass is 10.2. The molecule has 0 bridgehead atoms. The molecule has 2 aromatic carbocycles. The van der Waals surface area contributed by atoms with E-state index < -0.39 is 0 Å². The molecule has 2 atom stereocenters. The van der Waals surface area contributed by atoms with Crippen LogP contribution in [0.25, 0.3) is 16.6 Å². The van der Waals surface area contributed by atoms with Gasteiger partial charge in [0.2, 0.25) is 0 Å². The average Bonchev–Trinajstić information content (AvgIpc) is 3.17. The Labute approximate surface area is 189 Å². The van der Waals surface area contributed by atoms with E-state index in [1.807, 2.05) is 68.1 Å². The van der Waals surface area contributed by atoms with Gasteiger partial charge in [-0.1, -0.05) is 35.5 Å². The normalized spacial score (nSPS) is 13.6. The Morgan fingerprint density at radius 3 is 2.48 bits per heavy atom. The summed E-state index contributed by atoms with van der Waals surface area (Å²) < 4.78 is 2.03. The van der Waals surface area contributed by atoms with Gasteiger partial charge in [0.15, 0.2) is 11.0 Å². The molecule has 1 N–H and O–H groups in total. The molecular weight excluding hydrogens is 432 g/mol. The topological polar surface area (TPSA) is 79.7 Å². The van der Waals surface area contributed by atoms with Crippen molar-refractivity contribution in [1.29, 1.82) is 0 Å². The molecule has 9 heteroatoms. The maximum absolute atomic E-state index is 12.5. The SMILES string of the molecule is C[C@@H](Sc1nnc([C@H](C)N(C)C)n1-c1ccc(Cl)cc1)c1nc2ccccc2c(=O)[nH]1. The van der Waals surface area contributed by atoms with Crippen LogP contribution in [0.3, 0.4) is 0 Å². The highest BCUT2D eigenvalue weighted by atomic mass is 35.5. The highest BCUT2D eigenvalue weighted by Crippen LogP contribution is 2.35. The zero-order valence-electron chi connectivity index (χ0n) is 17.7. The van der Waals surface area contributed by atoms with Crippen LogP contribution in [0, 0.1) is 0 Å². The van der Waals surface area contributed by atoms with Crippen LogP contribution < -0.4 is 5.56 Å². The van der Waals surface area contributed by atoms with Crippen molar-refractivity contribution in [2.24, 2.45) is 0 Å². The van der Waals surface area contributed by atoms with Gasteiger partial charge in [0.25, 0.3) is 5.56 Å². The molecule has 31 heavy (non-hydrogen) atoms. The van der Waals surface area contributed by atoms with E-state index in [2.05, 4.69) is 32.0 Å². The highest BCUT2D eigenvalue weighted by Gasteiger charge is 2.23. The van der Waals surface area contributed by atoms with Crippen LogP contribution in [0.4, 0.5) is 0 Å². The quantitative estimate of drug-likeness (QED) is 0.428. The maximum Gasteiger partial charge on any atom is 0.258 e. The van der Waals surface area contributed by atoms with E-state index in [9.17, 15) is 4.79 Å². The van der Waals surface area contributed by atoms with Crippen LogP contribution in [0.2, 0.25) is 5.02 Å². The van der Waals surface area contributed by atoms with Gasteiger partial charge < -0.3 is 4.98 Å². The minimum absolute atomic E-state index is 0.0476. The van der Waals surface area contributed by atoms with Crippen molar-refractivity contribution in [3.05, 3.63) is 75.6 Å². The molecule has 2 aromatic heterocycles. The van der Waals surface area contributed by atoms with E-state index in [0.717, 1.165) is 11.5 Å². The summed E-state index contributed by atoms with van der Waals surface area (Å²) in [4.78, 5) is 22.1. The van der Waals surface area contributed by atoms with Gasteiger partial charge in [0, 0.05) is 10.7 Å². The minimum atomic E-state index is -0.144. The largest absolute Gasteiger partial charge is 0.309 e. The Hall–Kier alpha value is -2.68. The minimum Gasteiger partial charge on any atom is -0.309 e. The summed E-state index contributed by atoms with van der Waals surface area (Å²) in [7, 11) is 4.01. The molecule has 0 saturated carbocycles. The summed E-state index contributed by atoms with van der Waals surface area (Å²) >= 11 is 7.59. The fourth-order valence-electron chi connectivity index (χ4n) is 3.20. The first-order valence-corrected chi connectivity index (χ1v) is 11.1. The van der Waals surface area contributed by atoms with E-state index in [1.54, 1.807) is 6.07 Å². The number of H-pyrrole nitrogens is 1. The summed E-state index contributed by atoms with van der Waals surface area (Å²) in [6.07, 6.45) is 0. The Morgan fingerprint density at radius 2 is 1.77 bits per heavy atom. The van der Waals surface area contributed by atoms with Crippen molar-refractivity contribution in [1.82, 2.24) is 29.6 Å². The van der Waals surface area contributed by atoms with Gasteiger partial charge in [-0.3, -0.25) is 14.3 Å². The van der Waals surface area contributed by atoms with Crippen molar-refractivity contribution < 1.29 is 0 Å². The lowest BCUT2D eigenvalue weighted by Gasteiger charge is -2.21. The van der Waals surface area contributed by atoms with Crippen molar-refractivity contribution in [2.75, 3.05) is 14.1 Å². The number of aromatic nitrogens is 5. The summed E-state index contributed by atoms with van der Waals surface area (Å²) in [6.45, 7) is 4.07. The predicted molar refractivity (Wildman–Crippen MR) is 125 cm³/mol. The maximum atomic E-state index is 12.5. The molecule has 160 valence electrons. The van der Waals surface area contributed by atoms with E-state index in [1.165, 1.54) is 11.8 Å². The van der Waals surface area contributed by atoms with E-state index in [0.29, 0.717) is 26.9 Å². The molecular formula is C22H23ClN6OS. The van der Waals surface area contributed by atoms with E-state index in [4.69, 9.17) is 11.6 Å². The molecule has 0 fully saturated rings. The van der Waals surface area contributed by atoms with Crippen molar-refractivity contribution >= 4 is 34.3 Å². The Morgan fingerprint density at radius 1 is 1.06 bits per heavy atom. The molecule has 0 aliphatic heterocycles. The fraction of sp³-hybridized carbons (Fsp3) is 0.273. The summed E-state index contributed by atoms with van der Waals surface area (Å²) in [6, 6.07) is 15.0. The molecule has 0 spiro atoms. The first-order valence-electron chi connectivity index (χ1n) is 9.88. The summed E-state index contributed by atoms with van der Waals surface area (Å²) in [5, 5.41) is 10.8. The fourth-order valence-corrected chi connectivity index (χ4v) is 4.26. The molecule has 4 rings (SSSR count). The zero-order chi connectivity index (χ0) is 22.1. The standard InChI is InChI=1S/C22H23ClN6OS/c1-13(28(3)4)20-26-27-22(29(20)16-11-9-15(23)10-12-16)31-14(2)19-24-18-8-6-5-7-17(18)21(30)25-19/h5-14H,1-4H3,(H,24,25,30)/t13-,14+/m0/s1. The number of nitrogens with one attached hydrogen (secondary N) is 1. The molecule has 0 radical (unpaired) electrons. The number of hydrogen-bond acceptors (Lipinski definition) is 6. The van der Waals surface area contributed by atoms with Crippen LogP contribution >= 0.6 is 23.4 Å². The number of halogens is 1. The lowest BCUT2D eigenvalue weighted by Crippen LogP contribution is -2.20. The van der Waals surface area contributed by atoms with Gasteiger partial charge in [-0.25, -0.2) is 4.98 Å². The second-order valence-corrected chi connectivity index (χ2v) is 9.26. The molecule has 0 unspecified atom stereocenters. The van der Waals surface area contributed by atoms with E-state index >= 15 is 0 Å². The second-order valence-electron chi connectivity index (χ2n) is 7.52. The van der Waals surface area contributed by atoms with Gasteiger partial charge in [-0.15, -0.1) is 10.2 Å². The number of benzene rings is 2. The Kier molecular flexibility index (Phi) is 6.13. The number of nitrogens with zero attached hydrogens (tertiary/aromatic N) is 5. The molecule has 4 aromatic rings. The van der Waals surface area contributed by atoms with Crippen LogP contribution in [0.15, 0.2) is 58.5 Å². The van der Waals surface area contributed by atoms with E-state index in [-0.39, 0.29) is 16.9 Å². The zero-order valence-corrected chi connectivity index (χ0v) is 19.3. The van der Waals surface area contributed by atoms with Gasteiger partial charge >= 0.3 is 0 Å². The molecule has 0 aliphatic carbocycles. The van der Waals surface area contributed by atoms with Gasteiger partial charge in [0.05, 0.1) is 22.2 Å². The molecule has 7 nitrogen and oxygen atoms in total. The molecule has 2 heterocycles. The summed E-state index contributed by atoms with van der Waals surface area (Å²) in [5.74, 6) is 1.42. The third-order valence-electron chi connectivity index (χ3n) is 5.19. The van der Waals surface area contributed by atoms with Gasteiger partial charge in [-0.05, 0) is 64.3 Å². The third-order valence-corrected chi connectivity index (χ3v) is 6.49. The number of rotatable bonds is 6. The van der Waals surface area contributed by atoms with Crippen molar-refractivity contribution in [2.45, 2.75) is 30.3 Å². The van der Waals surface area contributed by atoms with Gasteiger partial charge in [0.1, 0.15) is 5.82 Å². The van der Waals surface area contributed by atoms with Crippen molar-refractivity contribution in [3.8, 4) is 5.69 Å². The third kappa shape index (κ3) is 4.37. The number of fused-ring (bicyclic) bond motifs is 1. The van der Waals surface area contributed by atoms with Crippen LogP contribution in [0.5, 0.6) is 0 Å². The van der Waals surface area contributed by atoms with Crippen LogP contribution in [0.1, 0.15) is 36.8 Å². The monoisotopic (exact) mass is 454 g/mol. The Bertz CT molecular complexity index is 1270. The van der Waals surface area contributed by atoms with Crippen molar-refractivity contribution in [3.63, 3.8) is 0 Å². The number of para-hydroxylation sites is 1. The number of thioether (sulfide) groups is 1. The summed E-state index contributed by atoms with van der Waals surface area (Å²) in [5.41, 5.74) is 1.46. The Balaban J connectivity index is 1.74. The van der Waals surface area contributed by atoms with Crippen LogP contribution in [-0.4, -0.2) is 43.7 Å². The number of hydrogen-bond donors (Lipinski definition) is 1. The molecule has 0 saturated heterocycles. The first kappa shape index (κ1) is 21.5. The predicted octanol–water partition coefficient (Wildman–Crippen LogP) is 4.63. The lowest BCUT2D eigenvalue weighted by molar-refractivity contribution is 0.305. The van der Waals surface area contributed by atoms with Gasteiger partial charge in [-0.2, -0.15) is 0 Å². The molecule has 0 amide bonds. The first-order chi connectivity index (χ1) is 14.8. The second kappa shape index (κ2) is 8.82. The molecule has 0 aliphatic rings. The van der Waals surface area contributed by atoms with Crippen LogP contribution in [-0.2, 0) is 0 Å². The average molecular weight is 455 g/mol. The number of aromatic amines is 1. The highest BCUT2D eigenvalue weighted by molar-refractivity contribution is 7.99. The smallest absolute Gasteiger partial charge is 0.258 e.